The normalized spacial score (nSPS) is 13.0. The fraction of sp³-hybridized carbons (Fsp3) is 0. The summed E-state index contributed by atoms with van der Waals surface area (Å²) < 4.78 is 5.79. The number of amides is 3. The fourth-order valence-electron chi connectivity index (χ4n) is 4.55. The smallest absolute Gasteiger partial charge is 0.283 e. The number of ether oxygens (including phenoxy) is 1. The third-order valence-electron chi connectivity index (χ3n) is 6.53. The van der Waals surface area contributed by atoms with Crippen LogP contribution in [0.15, 0.2) is 132 Å². The van der Waals surface area contributed by atoms with Crippen molar-refractivity contribution in [2.75, 3.05) is 15.5 Å². The molecule has 0 atom stereocenters. The number of benzene rings is 5. The number of rotatable bonds is 7. The van der Waals surface area contributed by atoms with Crippen molar-refractivity contribution in [2.45, 2.75) is 0 Å². The molecule has 1 aliphatic rings. The SMILES string of the molecule is O=C(Nc1cccc2ccccc12)c1cccc(NC2=C(Cl)C(=O)N(c3ccc(Oc4ccccc4)cc3)C2=O)c1. The van der Waals surface area contributed by atoms with E-state index in [0.717, 1.165) is 15.7 Å². The third kappa shape index (κ3) is 5.26. The van der Waals surface area contributed by atoms with Crippen molar-refractivity contribution in [1.82, 2.24) is 0 Å². The predicted molar refractivity (Wildman–Crippen MR) is 160 cm³/mol. The number of halogens is 1. The lowest BCUT2D eigenvalue weighted by Crippen LogP contribution is -2.32. The molecule has 200 valence electrons. The van der Waals surface area contributed by atoms with E-state index in [1.165, 1.54) is 0 Å². The Morgan fingerprint density at radius 3 is 2.20 bits per heavy atom. The average Bonchev–Trinajstić information content (AvgIpc) is 3.21. The highest BCUT2D eigenvalue weighted by atomic mass is 35.5. The van der Waals surface area contributed by atoms with Crippen molar-refractivity contribution in [2.24, 2.45) is 0 Å². The Morgan fingerprint density at radius 2 is 1.39 bits per heavy atom. The van der Waals surface area contributed by atoms with E-state index in [2.05, 4.69) is 10.6 Å². The molecular formula is C33H22ClN3O4. The minimum atomic E-state index is -0.652. The van der Waals surface area contributed by atoms with Gasteiger partial charge in [0.2, 0.25) is 0 Å². The van der Waals surface area contributed by atoms with Gasteiger partial charge in [-0.1, -0.05) is 72.3 Å². The highest BCUT2D eigenvalue weighted by Crippen LogP contribution is 2.32. The molecule has 8 heteroatoms. The van der Waals surface area contributed by atoms with E-state index >= 15 is 0 Å². The van der Waals surface area contributed by atoms with Gasteiger partial charge in [-0.2, -0.15) is 0 Å². The van der Waals surface area contributed by atoms with E-state index in [1.54, 1.807) is 48.5 Å². The van der Waals surface area contributed by atoms with Crippen LogP contribution in [0.3, 0.4) is 0 Å². The topological polar surface area (TPSA) is 87.7 Å². The number of nitrogens with one attached hydrogen (secondary N) is 2. The maximum atomic E-state index is 13.3. The molecule has 0 spiro atoms. The van der Waals surface area contributed by atoms with E-state index in [-0.39, 0.29) is 16.6 Å². The summed E-state index contributed by atoms with van der Waals surface area (Å²) in [5, 5.41) is 7.57. The number of para-hydroxylation sites is 1. The van der Waals surface area contributed by atoms with Crippen LogP contribution in [0.2, 0.25) is 0 Å². The Morgan fingerprint density at radius 1 is 0.707 bits per heavy atom. The van der Waals surface area contributed by atoms with E-state index < -0.39 is 11.8 Å². The van der Waals surface area contributed by atoms with Gasteiger partial charge in [0, 0.05) is 22.3 Å². The molecule has 7 nitrogen and oxygen atoms in total. The first kappa shape index (κ1) is 25.9. The lowest BCUT2D eigenvalue weighted by molar-refractivity contribution is -0.120. The van der Waals surface area contributed by atoms with Gasteiger partial charge in [-0.3, -0.25) is 14.4 Å². The Hall–Kier alpha value is -5.40. The molecule has 0 aromatic heterocycles. The molecular weight excluding hydrogens is 538 g/mol. The Balaban J connectivity index is 1.17. The fourth-order valence-corrected chi connectivity index (χ4v) is 4.76. The van der Waals surface area contributed by atoms with Crippen LogP contribution in [0.4, 0.5) is 17.1 Å². The van der Waals surface area contributed by atoms with Gasteiger partial charge in [0.25, 0.3) is 17.7 Å². The van der Waals surface area contributed by atoms with Crippen molar-refractivity contribution in [3.05, 3.63) is 138 Å². The predicted octanol–water partition coefficient (Wildman–Crippen LogP) is 7.32. The van der Waals surface area contributed by atoms with Crippen LogP contribution in [0.5, 0.6) is 11.5 Å². The minimum absolute atomic E-state index is 0.0760. The summed E-state index contributed by atoms with van der Waals surface area (Å²) in [6, 6.07) is 35.9. The molecule has 2 N–H and O–H groups in total. The summed E-state index contributed by atoms with van der Waals surface area (Å²) in [4.78, 5) is 40.3. The van der Waals surface area contributed by atoms with E-state index in [0.29, 0.717) is 34.1 Å². The van der Waals surface area contributed by atoms with Gasteiger partial charge in [-0.15, -0.1) is 0 Å². The number of nitrogens with zero attached hydrogens (tertiary/aromatic N) is 1. The molecule has 0 radical (unpaired) electrons. The van der Waals surface area contributed by atoms with Crippen molar-refractivity contribution >= 4 is 57.2 Å². The van der Waals surface area contributed by atoms with Gasteiger partial charge in [-0.05, 0) is 66.0 Å². The van der Waals surface area contributed by atoms with Crippen LogP contribution in [-0.2, 0) is 9.59 Å². The van der Waals surface area contributed by atoms with Gasteiger partial charge in [0.05, 0.1) is 5.69 Å². The lowest BCUT2D eigenvalue weighted by atomic mass is 10.1. The van der Waals surface area contributed by atoms with Gasteiger partial charge >= 0.3 is 0 Å². The molecule has 6 rings (SSSR count). The van der Waals surface area contributed by atoms with Crippen LogP contribution in [0.1, 0.15) is 10.4 Å². The largest absolute Gasteiger partial charge is 0.457 e. The van der Waals surface area contributed by atoms with Gasteiger partial charge < -0.3 is 15.4 Å². The molecule has 1 heterocycles. The zero-order valence-electron chi connectivity index (χ0n) is 21.5. The number of hydrogen-bond donors (Lipinski definition) is 2. The Bertz CT molecular complexity index is 1830. The first-order valence-electron chi connectivity index (χ1n) is 12.8. The molecule has 0 bridgehead atoms. The molecule has 0 unspecified atom stereocenters. The molecule has 1 aliphatic heterocycles. The van der Waals surface area contributed by atoms with Crippen molar-refractivity contribution < 1.29 is 19.1 Å². The first-order chi connectivity index (χ1) is 20.0. The van der Waals surface area contributed by atoms with Crippen LogP contribution in [0, 0.1) is 0 Å². The maximum absolute atomic E-state index is 13.3. The summed E-state index contributed by atoms with van der Waals surface area (Å²) in [5.41, 5.74) is 1.75. The molecule has 0 saturated heterocycles. The molecule has 41 heavy (non-hydrogen) atoms. The second-order valence-electron chi connectivity index (χ2n) is 9.23. The average molecular weight is 560 g/mol. The lowest BCUT2D eigenvalue weighted by Gasteiger charge is -2.16. The number of carbonyl (C=O) groups excluding carboxylic acids is 3. The number of anilines is 3. The van der Waals surface area contributed by atoms with E-state index in [4.69, 9.17) is 16.3 Å². The summed E-state index contributed by atoms with van der Waals surface area (Å²) in [6.45, 7) is 0. The Kier molecular flexibility index (Phi) is 6.93. The maximum Gasteiger partial charge on any atom is 0.283 e. The molecule has 3 amide bonds. The molecule has 0 aliphatic carbocycles. The van der Waals surface area contributed by atoms with Gasteiger partial charge in [-0.25, -0.2) is 4.90 Å². The summed E-state index contributed by atoms with van der Waals surface area (Å²) in [5.74, 6) is -0.366. The number of hydrogen-bond acceptors (Lipinski definition) is 5. The number of imide groups is 1. The van der Waals surface area contributed by atoms with Crippen LogP contribution in [-0.4, -0.2) is 17.7 Å². The minimum Gasteiger partial charge on any atom is -0.457 e. The number of carbonyl (C=O) groups is 3. The van der Waals surface area contributed by atoms with Crippen LogP contribution >= 0.6 is 11.6 Å². The summed E-state index contributed by atoms with van der Waals surface area (Å²) >= 11 is 6.32. The van der Waals surface area contributed by atoms with E-state index in [1.807, 2.05) is 72.8 Å². The quantitative estimate of drug-likeness (QED) is 0.204. The monoisotopic (exact) mass is 559 g/mol. The van der Waals surface area contributed by atoms with E-state index in [9.17, 15) is 14.4 Å². The van der Waals surface area contributed by atoms with Crippen molar-refractivity contribution in [3.8, 4) is 11.5 Å². The van der Waals surface area contributed by atoms with Gasteiger partial charge in [0.1, 0.15) is 22.2 Å². The first-order valence-corrected chi connectivity index (χ1v) is 13.1. The molecule has 0 fully saturated rings. The Labute approximate surface area is 240 Å². The van der Waals surface area contributed by atoms with Crippen molar-refractivity contribution in [1.29, 1.82) is 0 Å². The number of fused-ring (bicyclic) bond motifs is 1. The highest BCUT2D eigenvalue weighted by molar-refractivity contribution is 6.53. The second-order valence-corrected chi connectivity index (χ2v) is 9.61. The zero-order chi connectivity index (χ0) is 28.3. The van der Waals surface area contributed by atoms with Crippen LogP contribution in [0.25, 0.3) is 10.8 Å². The highest BCUT2D eigenvalue weighted by Gasteiger charge is 2.39. The van der Waals surface area contributed by atoms with Crippen molar-refractivity contribution in [3.63, 3.8) is 0 Å². The third-order valence-corrected chi connectivity index (χ3v) is 6.88. The summed E-state index contributed by atoms with van der Waals surface area (Å²) in [7, 11) is 0. The second kappa shape index (κ2) is 11.0. The molecule has 5 aromatic rings. The molecule has 0 saturated carbocycles. The zero-order valence-corrected chi connectivity index (χ0v) is 22.3. The molecule has 5 aromatic carbocycles. The van der Waals surface area contributed by atoms with Crippen LogP contribution < -0.4 is 20.3 Å². The summed E-state index contributed by atoms with van der Waals surface area (Å²) in [6.07, 6.45) is 0. The standard InChI is InChI=1S/C33H22ClN3O4/c34-29-30(33(40)37(32(29)39)24-16-18-26(19-17-24)41-25-12-2-1-3-13-25)35-23-11-6-10-22(20-23)31(38)36-28-15-7-9-21-8-4-5-14-27(21)28/h1-20,35H,(H,36,38). The van der Waals surface area contributed by atoms with Gasteiger partial charge in [0.15, 0.2) is 0 Å².